The molecule has 0 aromatic heterocycles. The van der Waals surface area contributed by atoms with Crippen LogP contribution >= 0.6 is 11.8 Å². The minimum Gasteiger partial charge on any atom is -0.313 e. The van der Waals surface area contributed by atoms with Crippen LogP contribution in [-0.2, 0) is 0 Å². The van der Waals surface area contributed by atoms with Crippen molar-refractivity contribution in [2.75, 3.05) is 25.4 Å². The van der Waals surface area contributed by atoms with E-state index in [4.69, 9.17) is 0 Å². The second kappa shape index (κ2) is 7.57. The summed E-state index contributed by atoms with van der Waals surface area (Å²) in [4.78, 5) is 2.63. The minimum atomic E-state index is 0.670. The lowest BCUT2D eigenvalue weighted by Crippen LogP contribution is -2.47. The van der Waals surface area contributed by atoms with E-state index in [1.165, 1.54) is 31.7 Å². The molecule has 3 heteroatoms. The van der Waals surface area contributed by atoms with Crippen LogP contribution in [0.2, 0.25) is 0 Å². The van der Waals surface area contributed by atoms with Crippen molar-refractivity contribution in [1.82, 2.24) is 10.2 Å². The van der Waals surface area contributed by atoms with Gasteiger partial charge < -0.3 is 5.32 Å². The molecular formula is C13H28N2S. The summed E-state index contributed by atoms with van der Waals surface area (Å²) < 4.78 is 0. The van der Waals surface area contributed by atoms with Crippen molar-refractivity contribution in [3.8, 4) is 0 Å². The van der Waals surface area contributed by atoms with Crippen LogP contribution in [0.15, 0.2) is 0 Å². The standard InChI is InChI=1S/C13H28N2S/c1-5-6-11(2)14-9-12(3)15-7-8-16-13(4)10-15/h11-14H,5-10H2,1-4H3. The molecule has 2 nitrogen and oxygen atoms in total. The van der Waals surface area contributed by atoms with Gasteiger partial charge in [-0.25, -0.2) is 0 Å². The molecule has 96 valence electrons. The highest BCUT2D eigenvalue weighted by molar-refractivity contribution is 7.99. The van der Waals surface area contributed by atoms with Crippen molar-refractivity contribution in [2.45, 2.75) is 57.9 Å². The van der Waals surface area contributed by atoms with Crippen molar-refractivity contribution in [3.05, 3.63) is 0 Å². The maximum Gasteiger partial charge on any atom is 0.0193 e. The van der Waals surface area contributed by atoms with E-state index in [2.05, 4.69) is 49.7 Å². The van der Waals surface area contributed by atoms with Crippen LogP contribution in [0.4, 0.5) is 0 Å². The molecule has 16 heavy (non-hydrogen) atoms. The van der Waals surface area contributed by atoms with E-state index < -0.39 is 0 Å². The van der Waals surface area contributed by atoms with Crippen molar-refractivity contribution in [2.24, 2.45) is 0 Å². The Morgan fingerprint density at radius 1 is 1.44 bits per heavy atom. The molecule has 3 atom stereocenters. The topological polar surface area (TPSA) is 15.3 Å². The Labute approximate surface area is 106 Å². The Bertz CT molecular complexity index is 187. The van der Waals surface area contributed by atoms with Gasteiger partial charge in [0.05, 0.1) is 0 Å². The fourth-order valence-electron chi connectivity index (χ4n) is 2.28. The van der Waals surface area contributed by atoms with Gasteiger partial charge in [0.1, 0.15) is 0 Å². The molecule has 0 aliphatic carbocycles. The van der Waals surface area contributed by atoms with Crippen LogP contribution in [0.25, 0.3) is 0 Å². The average molecular weight is 244 g/mol. The number of nitrogens with zero attached hydrogens (tertiary/aromatic N) is 1. The fraction of sp³-hybridized carbons (Fsp3) is 1.00. The highest BCUT2D eigenvalue weighted by Crippen LogP contribution is 2.19. The summed E-state index contributed by atoms with van der Waals surface area (Å²) in [7, 11) is 0. The van der Waals surface area contributed by atoms with Crippen LogP contribution < -0.4 is 5.32 Å². The van der Waals surface area contributed by atoms with E-state index in [0.717, 1.165) is 11.8 Å². The maximum atomic E-state index is 3.65. The summed E-state index contributed by atoms with van der Waals surface area (Å²) >= 11 is 2.11. The average Bonchev–Trinajstić information content (AvgIpc) is 2.26. The molecule has 1 heterocycles. The SMILES string of the molecule is CCCC(C)NCC(C)N1CCSC(C)C1. The van der Waals surface area contributed by atoms with Gasteiger partial charge in [0.2, 0.25) is 0 Å². The molecule has 0 spiro atoms. The number of rotatable bonds is 6. The smallest absolute Gasteiger partial charge is 0.0193 e. The van der Waals surface area contributed by atoms with Crippen molar-refractivity contribution in [1.29, 1.82) is 0 Å². The van der Waals surface area contributed by atoms with Crippen LogP contribution in [0, 0.1) is 0 Å². The van der Waals surface area contributed by atoms with Gasteiger partial charge in [-0.2, -0.15) is 11.8 Å². The zero-order valence-corrected chi connectivity index (χ0v) is 12.1. The predicted molar refractivity (Wildman–Crippen MR) is 75.3 cm³/mol. The third kappa shape index (κ3) is 5.07. The Kier molecular flexibility index (Phi) is 6.78. The number of hydrogen-bond acceptors (Lipinski definition) is 3. The summed E-state index contributed by atoms with van der Waals surface area (Å²) in [6.07, 6.45) is 2.57. The van der Waals surface area contributed by atoms with Gasteiger partial charge in [-0.15, -0.1) is 0 Å². The third-order valence-corrected chi connectivity index (χ3v) is 4.52. The summed E-state index contributed by atoms with van der Waals surface area (Å²) in [6, 6.07) is 1.35. The highest BCUT2D eigenvalue weighted by Gasteiger charge is 2.21. The maximum absolute atomic E-state index is 3.65. The molecule has 1 rings (SSSR count). The molecule has 1 aliphatic heterocycles. The Morgan fingerprint density at radius 3 is 2.81 bits per heavy atom. The molecule has 0 aromatic rings. The first-order chi connectivity index (χ1) is 7.63. The number of nitrogens with one attached hydrogen (secondary N) is 1. The highest BCUT2D eigenvalue weighted by atomic mass is 32.2. The fourth-order valence-corrected chi connectivity index (χ4v) is 3.32. The Balaban J connectivity index is 2.20. The van der Waals surface area contributed by atoms with Gasteiger partial charge in [0.25, 0.3) is 0 Å². The number of hydrogen-bond donors (Lipinski definition) is 1. The van der Waals surface area contributed by atoms with Gasteiger partial charge >= 0.3 is 0 Å². The lowest BCUT2D eigenvalue weighted by Gasteiger charge is -2.35. The first-order valence-electron chi connectivity index (χ1n) is 6.72. The summed E-state index contributed by atoms with van der Waals surface area (Å²) in [6.45, 7) is 12.9. The molecule has 0 amide bonds. The predicted octanol–water partition coefficient (Wildman–Crippen LogP) is 2.59. The van der Waals surface area contributed by atoms with Crippen LogP contribution in [0.1, 0.15) is 40.5 Å². The van der Waals surface area contributed by atoms with Gasteiger partial charge in [-0.3, -0.25) is 4.90 Å². The normalized spacial score (nSPS) is 26.6. The number of thioether (sulfide) groups is 1. The molecule has 0 bridgehead atoms. The monoisotopic (exact) mass is 244 g/mol. The van der Waals surface area contributed by atoms with E-state index >= 15 is 0 Å². The van der Waals surface area contributed by atoms with E-state index in [1.807, 2.05) is 0 Å². The van der Waals surface area contributed by atoms with Crippen molar-refractivity contribution >= 4 is 11.8 Å². The van der Waals surface area contributed by atoms with Gasteiger partial charge in [-0.1, -0.05) is 20.3 Å². The molecular weight excluding hydrogens is 216 g/mol. The van der Waals surface area contributed by atoms with E-state index in [9.17, 15) is 0 Å². The Morgan fingerprint density at radius 2 is 2.19 bits per heavy atom. The quantitative estimate of drug-likeness (QED) is 0.773. The first-order valence-corrected chi connectivity index (χ1v) is 7.77. The largest absolute Gasteiger partial charge is 0.313 e. The van der Waals surface area contributed by atoms with Crippen LogP contribution in [0.5, 0.6) is 0 Å². The molecule has 1 N–H and O–H groups in total. The third-order valence-electron chi connectivity index (χ3n) is 3.38. The second-order valence-corrected chi connectivity index (χ2v) is 6.67. The van der Waals surface area contributed by atoms with Crippen molar-refractivity contribution < 1.29 is 0 Å². The summed E-state index contributed by atoms with van der Waals surface area (Å²) in [5, 5.41) is 4.46. The first kappa shape index (κ1) is 14.3. The Hall–Kier alpha value is 0.270. The molecule has 0 radical (unpaired) electrons. The van der Waals surface area contributed by atoms with Gasteiger partial charge in [-0.05, 0) is 20.3 Å². The van der Waals surface area contributed by atoms with E-state index in [-0.39, 0.29) is 0 Å². The van der Waals surface area contributed by atoms with Crippen LogP contribution in [-0.4, -0.2) is 47.6 Å². The summed E-state index contributed by atoms with van der Waals surface area (Å²) in [5.41, 5.74) is 0. The van der Waals surface area contributed by atoms with Crippen LogP contribution in [0.3, 0.4) is 0 Å². The molecule has 1 fully saturated rings. The lowest BCUT2D eigenvalue weighted by atomic mass is 10.2. The van der Waals surface area contributed by atoms with E-state index in [0.29, 0.717) is 12.1 Å². The molecule has 1 saturated heterocycles. The van der Waals surface area contributed by atoms with Crippen molar-refractivity contribution in [3.63, 3.8) is 0 Å². The summed E-state index contributed by atoms with van der Waals surface area (Å²) in [5.74, 6) is 1.30. The second-order valence-electron chi connectivity index (χ2n) is 5.12. The van der Waals surface area contributed by atoms with Gasteiger partial charge in [0.15, 0.2) is 0 Å². The molecule has 0 saturated carbocycles. The minimum absolute atomic E-state index is 0.670. The van der Waals surface area contributed by atoms with Gasteiger partial charge in [0, 0.05) is 42.7 Å². The molecule has 3 unspecified atom stereocenters. The van der Waals surface area contributed by atoms with E-state index in [1.54, 1.807) is 0 Å². The lowest BCUT2D eigenvalue weighted by molar-refractivity contribution is 0.209. The molecule has 1 aliphatic rings. The molecule has 0 aromatic carbocycles. The zero-order valence-electron chi connectivity index (χ0n) is 11.3. The zero-order chi connectivity index (χ0) is 12.0.